The molecule has 1 rings (SSSR count). The van der Waals surface area contributed by atoms with Crippen LogP contribution in [0.4, 0.5) is 0 Å². The van der Waals surface area contributed by atoms with Crippen LogP contribution in [-0.2, 0) is 4.79 Å². The molecule has 104 valence electrons. The van der Waals surface area contributed by atoms with Crippen molar-refractivity contribution < 1.29 is 4.79 Å². The number of rotatable bonds is 3. The first-order valence-corrected chi connectivity index (χ1v) is 7.06. The van der Waals surface area contributed by atoms with Gasteiger partial charge >= 0.3 is 0 Å². The molecule has 3 heteroatoms. The number of nitrogens with one attached hydrogen (secondary N) is 1. The standard InChI is InChI=1S/C10H20N2O.2C2H6/c1-8(2)6-10(13)11-9-4-5-12(3)7-9;2*1-2/h8-9H,4-7H2,1-3H3,(H,11,13);2*1-2H3. The Labute approximate surface area is 108 Å². The molecule has 0 radical (unpaired) electrons. The molecule has 1 atom stereocenters. The van der Waals surface area contributed by atoms with Gasteiger partial charge in [-0.1, -0.05) is 41.5 Å². The van der Waals surface area contributed by atoms with Crippen LogP contribution in [0.2, 0.25) is 0 Å². The summed E-state index contributed by atoms with van der Waals surface area (Å²) < 4.78 is 0. The van der Waals surface area contributed by atoms with E-state index in [9.17, 15) is 4.79 Å². The van der Waals surface area contributed by atoms with Gasteiger partial charge in [0, 0.05) is 19.0 Å². The van der Waals surface area contributed by atoms with Crippen molar-refractivity contribution in [1.82, 2.24) is 10.2 Å². The zero-order valence-corrected chi connectivity index (χ0v) is 12.8. The van der Waals surface area contributed by atoms with E-state index in [0.29, 0.717) is 18.4 Å². The molecule has 1 aliphatic rings. The van der Waals surface area contributed by atoms with Gasteiger partial charge in [-0.25, -0.2) is 0 Å². The highest BCUT2D eigenvalue weighted by Gasteiger charge is 2.20. The van der Waals surface area contributed by atoms with Crippen LogP contribution < -0.4 is 5.32 Å². The fourth-order valence-electron chi connectivity index (χ4n) is 1.71. The number of likely N-dealkylation sites (tertiary alicyclic amines) is 1. The summed E-state index contributed by atoms with van der Waals surface area (Å²) in [6.45, 7) is 14.2. The van der Waals surface area contributed by atoms with E-state index in [1.54, 1.807) is 0 Å². The normalized spacial score (nSPS) is 18.9. The number of carbonyl (C=O) groups excluding carboxylic acids is 1. The number of hydrogen-bond donors (Lipinski definition) is 1. The predicted molar refractivity (Wildman–Crippen MR) is 76.2 cm³/mol. The van der Waals surface area contributed by atoms with Gasteiger partial charge in [0.1, 0.15) is 0 Å². The number of likely N-dealkylation sites (N-methyl/N-ethyl adjacent to an activating group) is 1. The quantitative estimate of drug-likeness (QED) is 0.828. The van der Waals surface area contributed by atoms with E-state index < -0.39 is 0 Å². The first-order chi connectivity index (χ1) is 8.08. The Balaban J connectivity index is 0. The first kappa shape index (κ1) is 18.8. The van der Waals surface area contributed by atoms with Crippen molar-refractivity contribution in [2.45, 2.75) is 60.4 Å². The number of carbonyl (C=O) groups is 1. The van der Waals surface area contributed by atoms with Crippen LogP contribution >= 0.6 is 0 Å². The maximum absolute atomic E-state index is 11.4. The molecule has 1 saturated heterocycles. The Bertz CT molecular complexity index is 181. The maximum Gasteiger partial charge on any atom is 0.220 e. The van der Waals surface area contributed by atoms with Gasteiger partial charge in [0.25, 0.3) is 0 Å². The van der Waals surface area contributed by atoms with Crippen LogP contribution in [0.5, 0.6) is 0 Å². The minimum atomic E-state index is 0.204. The molecule has 0 bridgehead atoms. The highest BCUT2D eigenvalue weighted by Crippen LogP contribution is 2.07. The number of nitrogens with zero attached hydrogens (tertiary/aromatic N) is 1. The molecule has 0 aromatic carbocycles. The largest absolute Gasteiger partial charge is 0.352 e. The zero-order chi connectivity index (χ0) is 13.8. The molecule has 0 aromatic rings. The number of amides is 1. The van der Waals surface area contributed by atoms with Crippen LogP contribution in [0, 0.1) is 5.92 Å². The fourth-order valence-corrected chi connectivity index (χ4v) is 1.71. The summed E-state index contributed by atoms with van der Waals surface area (Å²) in [7, 11) is 2.09. The van der Waals surface area contributed by atoms with E-state index in [1.165, 1.54) is 0 Å². The Morgan fingerprint density at radius 2 is 1.82 bits per heavy atom. The third kappa shape index (κ3) is 10.3. The lowest BCUT2D eigenvalue weighted by atomic mass is 10.1. The molecular formula is C14H32N2O. The summed E-state index contributed by atoms with van der Waals surface area (Å²) in [5.74, 6) is 0.662. The van der Waals surface area contributed by atoms with Crippen molar-refractivity contribution in [3.63, 3.8) is 0 Å². The molecule has 0 aliphatic carbocycles. The first-order valence-electron chi connectivity index (χ1n) is 7.06. The average molecular weight is 244 g/mol. The molecule has 1 heterocycles. The van der Waals surface area contributed by atoms with E-state index in [4.69, 9.17) is 0 Å². The molecule has 17 heavy (non-hydrogen) atoms. The van der Waals surface area contributed by atoms with Crippen molar-refractivity contribution >= 4 is 5.91 Å². The number of hydrogen-bond acceptors (Lipinski definition) is 2. The Kier molecular flexibility index (Phi) is 13.2. The van der Waals surface area contributed by atoms with Crippen molar-refractivity contribution in [1.29, 1.82) is 0 Å². The van der Waals surface area contributed by atoms with E-state index in [0.717, 1.165) is 19.5 Å². The monoisotopic (exact) mass is 244 g/mol. The molecule has 3 nitrogen and oxygen atoms in total. The van der Waals surface area contributed by atoms with Crippen molar-refractivity contribution in [3.05, 3.63) is 0 Å². The second-order valence-electron chi connectivity index (χ2n) is 4.41. The molecule has 0 aromatic heterocycles. The third-order valence-corrected chi connectivity index (χ3v) is 2.35. The van der Waals surface area contributed by atoms with Crippen molar-refractivity contribution in [3.8, 4) is 0 Å². The highest BCUT2D eigenvalue weighted by atomic mass is 16.1. The summed E-state index contributed by atoms with van der Waals surface area (Å²) in [6.07, 6.45) is 1.75. The van der Waals surface area contributed by atoms with E-state index in [-0.39, 0.29) is 5.91 Å². The highest BCUT2D eigenvalue weighted by molar-refractivity contribution is 5.76. The molecule has 0 spiro atoms. The minimum absolute atomic E-state index is 0.204. The van der Waals surface area contributed by atoms with Crippen molar-refractivity contribution in [2.75, 3.05) is 20.1 Å². The lowest BCUT2D eigenvalue weighted by molar-refractivity contribution is -0.122. The van der Waals surface area contributed by atoms with Gasteiger partial charge in [-0.2, -0.15) is 0 Å². The second-order valence-corrected chi connectivity index (χ2v) is 4.41. The summed E-state index contributed by atoms with van der Waals surface area (Å²) in [5.41, 5.74) is 0. The molecule has 1 N–H and O–H groups in total. The summed E-state index contributed by atoms with van der Waals surface area (Å²) in [6, 6.07) is 0.385. The third-order valence-electron chi connectivity index (χ3n) is 2.35. The van der Waals surface area contributed by atoms with E-state index in [1.807, 2.05) is 27.7 Å². The van der Waals surface area contributed by atoms with Gasteiger partial charge in [0.2, 0.25) is 5.91 Å². The zero-order valence-electron chi connectivity index (χ0n) is 12.8. The summed E-state index contributed by atoms with van der Waals surface area (Å²) in [5, 5.41) is 3.06. The molecule has 1 fully saturated rings. The Morgan fingerprint density at radius 1 is 1.29 bits per heavy atom. The maximum atomic E-state index is 11.4. The molecule has 0 saturated carbocycles. The smallest absolute Gasteiger partial charge is 0.220 e. The fraction of sp³-hybridized carbons (Fsp3) is 0.929. The Hall–Kier alpha value is -0.570. The topological polar surface area (TPSA) is 32.3 Å². The average Bonchev–Trinajstić information content (AvgIpc) is 2.68. The van der Waals surface area contributed by atoms with Gasteiger partial charge in [-0.15, -0.1) is 0 Å². The predicted octanol–water partition coefficient (Wildman–Crippen LogP) is 2.91. The van der Waals surface area contributed by atoms with Gasteiger partial charge in [-0.05, 0) is 25.9 Å². The molecule has 1 unspecified atom stereocenters. The van der Waals surface area contributed by atoms with Crippen LogP contribution in [0.15, 0.2) is 0 Å². The molecule has 1 aliphatic heterocycles. The minimum Gasteiger partial charge on any atom is -0.352 e. The summed E-state index contributed by atoms with van der Waals surface area (Å²) >= 11 is 0. The second kappa shape index (κ2) is 11.9. The summed E-state index contributed by atoms with van der Waals surface area (Å²) in [4.78, 5) is 13.6. The molecule has 1 amide bonds. The lowest BCUT2D eigenvalue weighted by Crippen LogP contribution is -2.36. The van der Waals surface area contributed by atoms with E-state index in [2.05, 4.69) is 31.1 Å². The van der Waals surface area contributed by atoms with Crippen LogP contribution in [0.1, 0.15) is 54.4 Å². The van der Waals surface area contributed by atoms with Gasteiger partial charge in [0.05, 0.1) is 0 Å². The van der Waals surface area contributed by atoms with Crippen LogP contribution in [-0.4, -0.2) is 37.0 Å². The van der Waals surface area contributed by atoms with Gasteiger partial charge < -0.3 is 10.2 Å². The van der Waals surface area contributed by atoms with Gasteiger partial charge in [-0.3, -0.25) is 4.79 Å². The Morgan fingerprint density at radius 3 is 2.18 bits per heavy atom. The van der Waals surface area contributed by atoms with Crippen LogP contribution in [0.25, 0.3) is 0 Å². The van der Waals surface area contributed by atoms with E-state index >= 15 is 0 Å². The van der Waals surface area contributed by atoms with Crippen molar-refractivity contribution in [2.24, 2.45) is 5.92 Å². The van der Waals surface area contributed by atoms with Crippen LogP contribution in [0.3, 0.4) is 0 Å². The van der Waals surface area contributed by atoms with Gasteiger partial charge in [0.15, 0.2) is 0 Å². The SMILES string of the molecule is CC.CC.CC(C)CC(=O)NC1CCN(C)C1. The molecular weight excluding hydrogens is 212 g/mol. The lowest BCUT2D eigenvalue weighted by Gasteiger charge is -2.13.